The van der Waals surface area contributed by atoms with Gasteiger partial charge in [-0.1, -0.05) is 23.2 Å². The van der Waals surface area contributed by atoms with Crippen LogP contribution in [0.4, 0.5) is 0 Å². The zero-order valence-corrected chi connectivity index (χ0v) is 13.5. The van der Waals surface area contributed by atoms with Crippen molar-refractivity contribution in [2.75, 3.05) is 0 Å². The van der Waals surface area contributed by atoms with Gasteiger partial charge in [-0.3, -0.25) is 0 Å². The lowest BCUT2D eigenvalue weighted by Crippen LogP contribution is -1.73. The number of halogens is 3. The van der Waals surface area contributed by atoms with E-state index in [0.29, 0.717) is 10.3 Å². The molecule has 0 aliphatic rings. The van der Waals surface area contributed by atoms with Crippen molar-refractivity contribution in [1.82, 2.24) is 9.97 Å². The van der Waals surface area contributed by atoms with Gasteiger partial charge in [-0.25, -0.2) is 9.97 Å². The lowest BCUT2D eigenvalue weighted by molar-refractivity contribution is 0.613. The molecule has 4 rings (SSSR count). The first-order chi connectivity index (χ1) is 10.2. The van der Waals surface area contributed by atoms with E-state index in [1.807, 2.05) is 0 Å². The molecule has 21 heavy (non-hydrogen) atoms. The van der Waals surface area contributed by atoms with Crippen LogP contribution in [0.2, 0.25) is 10.3 Å². The van der Waals surface area contributed by atoms with Crippen molar-refractivity contribution in [2.45, 2.75) is 0 Å². The number of rotatable bonds is 0. The SMILES string of the molecule is Clc1nccc2occ(Br)c12.Clc1nccc2occc12. The Hall–Kier alpha value is -1.56. The maximum absolute atomic E-state index is 5.80. The molecule has 0 aliphatic heterocycles. The van der Waals surface area contributed by atoms with E-state index in [1.54, 1.807) is 43.1 Å². The third-order valence-electron chi connectivity index (χ3n) is 2.73. The highest BCUT2D eigenvalue weighted by molar-refractivity contribution is 9.10. The normalized spacial score (nSPS) is 10.6. The van der Waals surface area contributed by atoms with E-state index in [-0.39, 0.29) is 0 Å². The largest absolute Gasteiger partial charge is 0.464 e. The molecule has 4 aromatic rings. The second-order valence-electron chi connectivity index (χ2n) is 3.99. The third kappa shape index (κ3) is 2.90. The number of fused-ring (bicyclic) bond motifs is 2. The van der Waals surface area contributed by atoms with Gasteiger partial charge in [0.15, 0.2) is 0 Å². The van der Waals surface area contributed by atoms with Crippen molar-refractivity contribution in [2.24, 2.45) is 0 Å². The highest BCUT2D eigenvalue weighted by Gasteiger charge is 2.06. The zero-order valence-electron chi connectivity index (χ0n) is 10.4. The van der Waals surface area contributed by atoms with Crippen LogP contribution in [0.15, 0.2) is 56.4 Å². The van der Waals surface area contributed by atoms with Crippen molar-refractivity contribution in [1.29, 1.82) is 0 Å². The highest BCUT2D eigenvalue weighted by Crippen LogP contribution is 2.30. The van der Waals surface area contributed by atoms with Gasteiger partial charge in [0.1, 0.15) is 27.7 Å². The van der Waals surface area contributed by atoms with Gasteiger partial charge < -0.3 is 8.83 Å². The molecule has 0 unspecified atom stereocenters. The Bertz CT molecular complexity index is 904. The van der Waals surface area contributed by atoms with Crippen LogP contribution >= 0.6 is 39.1 Å². The van der Waals surface area contributed by atoms with Crippen molar-refractivity contribution in [3.63, 3.8) is 0 Å². The second kappa shape index (κ2) is 6.05. The van der Waals surface area contributed by atoms with Crippen LogP contribution in [0, 0.1) is 0 Å². The van der Waals surface area contributed by atoms with Crippen LogP contribution < -0.4 is 0 Å². The summed E-state index contributed by atoms with van der Waals surface area (Å²) in [7, 11) is 0. The monoisotopic (exact) mass is 384 g/mol. The van der Waals surface area contributed by atoms with Gasteiger partial charge in [0, 0.05) is 12.4 Å². The van der Waals surface area contributed by atoms with Crippen LogP contribution in [0.25, 0.3) is 21.9 Å². The van der Waals surface area contributed by atoms with Crippen molar-refractivity contribution >= 4 is 61.1 Å². The first-order valence-corrected chi connectivity index (χ1v) is 7.36. The first-order valence-electron chi connectivity index (χ1n) is 5.81. The molecule has 4 nitrogen and oxygen atoms in total. The molecule has 0 amide bonds. The fourth-order valence-electron chi connectivity index (χ4n) is 1.77. The number of nitrogens with zero attached hydrogens (tertiary/aromatic N) is 2. The van der Waals surface area contributed by atoms with Crippen LogP contribution in [0.1, 0.15) is 0 Å². The molecule has 0 saturated carbocycles. The molecule has 0 aromatic carbocycles. The molecule has 0 saturated heterocycles. The molecule has 0 atom stereocenters. The molecular weight excluding hydrogens is 379 g/mol. The topological polar surface area (TPSA) is 52.1 Å². The lowest BCUT2D eigenvalue weighted by atomic mass is 10.3. The summed E-state index contributed by atoms with van der Waals surface area (Å²) in [5.41, 5.74) is 1.52. The first kappa shape index (κ1) is 14.4. The summed E-state index contributed by atoms with van der Waals surface area (Å²) in [4.78, 5) is 7.80. The number of furan rings is 2. The molecule has 0 N–H and O–H groups in total. The Morgan fingerprint density at radius 3 is 2.33 bits per heavy atom. The maximum Gasteiger partial charge on any atom is 0.141 e. The molecule has 0 aliphatic carbocycles. The summed E-state index contributed by atoms with van der Waals surface area (Å²) < 4.78 is 11.1. The molecular formula is C14H7BrCl2N2O2. The number of hydrogen-bond donors (Lipinski definition) is 0. The van der Waals surface area contributed by atoms with Crippen LogP contribution in [-0.4, -0.2) is 9.97 Å². The Balaban J connectivity index is 0.000000126. The van der Waals surface area contributed by atoms with E-state index < -0.39 is 0 Å². The quantitative estimate of drug-likeness (QED) is 0.363. The second-order valence-corrected chi connectivity index (χ2v) is 5.56. The van der Waals surface area contributed by atoms with Gasteiger partial charge in [-0.15, -0.1) is 0 Å². The lowest BCUT2D eigenvalue weighted by Gasteiger charge is -1.89. The minimum absolute atomic E-state index is 0.461. The molecule has 4 heterocycles. The van der Waals surface area contributed by atoms with Crippen molar-refractivity contribution in [3.05, 3.63) is 57.9 Å². The number of aromatic nitrogens is 2. The van der Waals surface area contributed by atoms with E-state index in [1.165, 1.54) is 0 Å². The maximum atomic E-state index is 5.80. The van der Waals surface area contributed by atoms with Gasteiger partial charge in [0.05, 0.1) is 21.5 Å². The summed E-state index contributed by atoms with van der Waals surface area (Å²) in [5, 5.41) is 2.65. The Kier molecular flexibility index (Phi) is 4.14. The Labute approximate surface area is 137 Å². The summed E-state index contributed by atoms with van der Waals surface area (Å²) in [6.45, 7) is 0. The minimum atomic E-state index is 0.461. The molecule has 0 bridgehead atoms. The summed E-state index contributed by atoms with van der Waals surface area (Å²) in [5.74, 6) is 0. The third-order valence-corrected chi connectivity index (χ3v) is 3.90. The van der Waals surface area contributed by atoms with E-state index in [9.17, 15) is 0 Å². The van der Waals surface area contributed by atoms with Crippen molar-refractivity contribution < 1.29 is 8.83 Å². The average Bonchev–Trinajstić information content (AvgIpc) is 3.08. The Morgan fingerprint density at radius 2 is 1.62 bits per heavy atom. The number of pyridine rings is 2. The average molecular weight is 386 g/mol. The van der Waals surface area contributed by atoms with Crippen LogP contribution in [0.5, 0.6) is 0 Å². The van der Waals surface area contributed by atoms with E-state index >= 15 is 0 Å². The van der Waals surface area contributed by atoms with E-state index in [0.717, 1.165) is 26.4 Å². The smallest absolute Gasteiger partial charge is 0.141 e. The van der Waals surface area contributed by atoms with E-state index in [4.69, 9.17) is 32.0 Å². The number of hydrogen-bond acceptors (Lipinski definition) is 4. The van der Waals surface area contributed by atoms with Gasteiger partial charge >= 0.3 is 0 Å². The highest BCUT2D eigenvalue weighted by atomic mass is 79.9. The fourth-order valence-corrected chi connectivity index (χ4v) is 2.82. The van der Waals surface area contributed by atoms with Crippen LogP contribution in [-0.2, 0) is 0 Å². The molecule has 4 aromatic heterocycles. The molecule has 0 radical (unpaired) electrons. The van der Waals surface area contributed by atoms with Crippen molar-refractivity contribution in [3.8, 4) is 0 Å². The Morgan fingerprint density at radius 1 is 0.905 bits per heavy atom. The fraction of sp³-hybridized carbons (Fsp3) is 0. The summed E-state index contributed by atoms with van der Waals surface area (Å²) >= 11 is 14.8. The molecule has 0 spiro atoms. The van der Waals surface area contributed by atoms with Gasteiger partial charge in [0.25, 0.3) is 0 Å². The summed E-state index contributed by atoms with van der Waals surface area (Å²) in [6.07, 6.45) is 6.42. The summed E-state index contributed by atoms with van der Waals surface area (Å²) in [6, 6.07) is 5.35. The molecule has 106 valence electrons. The zero-order chi connectivity index (χ0) is 14.8. The van der Waals surface area contributed by atoms with Gasteiger partial charge in [0.2, 0.25) is 0 Å². The van der Waals surface area contributed by atoms with Gasteiger partial charge in [-0.2, -0.15) is 0 Å². The van der Waals surface area contributed by atoms with Crippen LogP contribution in [0.3, 0.4) is 0 Å². The standard InChI is InChI=1S/C7H3BrClNO.C7H4ClNO/c8-4-3-11-5-1-2-10-7(9)6(4)5;8-7-5-2-4-10-6(5)1-3-9-7/h1-3H;1-4H. The predicted octanol–water partition coefficient (Wildman–Crippen LogP) is 5.72. The molecule has 7 heteroatoms. The molecule has 0 fully saturated rings. The predicted molar refractivity (Wildman–Crippen MR) is 85.7 cm³/mol. The van der Waals surface area contributed by atoms with E-state index in [2.05, 4.69) is 25.9 Å². The van der Waals surface area contributed by atoms with Gasteiger partial charge in [-0.05, 0) is 34.1 Å². The minimum Gasteiger partial charge on any atom is -0.464 e.